The highest BCUT2D eigenvalue weighted by Gasteiger charge is 2.23. The predicted octanol–water partition coefficient (Wildman–Crippen LogP) is 2.16. The average Bonchev–Trinajstić information content (AvgIpc) is 2.31. The molecule has 1 aliphatic heterocycles. The molecule has 3 heteroatoms. The molecule has 2 rings (SSSR count). The number of benzene rings is 1. The third-order valence-electron chi connectivity index (χ3n) is 3.15. The third-order valence-corrected chi connectivity index (χ3v) is 3.15. The predicted molar refractivity (Wildman–Crippen MR) is 67.2 cm³/mol. The van der Waals surface area contributed by atoms with Crippen molar-refractivity contribution in [3.63, 3.8) is 0 Å². The van der Waals surface area contributed by atoms with E-state index < -0.39 is 0 Å². The normalized spacial score (nSPS) is 20.4. The van der Waals surface area contributed by atoms with Crippen LogP contribution < -0.4 is 0 Å². The van der Waals surface area contributed by atoms with Crippen molar-refractivity contribution in [2.45, 2.75) is 26.9 Å². The zero-order valence-corrected chi connectivity index (χ0v) is 10.7. The van der Waals surface area contributed by atoms with Crippen LogP contribution in [0.3, 0.4) is 0 Å². The zero-order valence-electron chi connectivity index (χ0n) is 10.7. The fourth-order valence-corrected chi connectivity index (χ4v) is 2.14. The Hall–Kier alpha value is -1.35. The van der Waals surface area contributed by atoms with Gasteiger partial charge in [-0.25, -0.2) is 0 Å². The number of carbonyl (C=O) groups is 1. The van der Waals surface area contributed by atoms with Crippen molar-refractivity contribution in [3.05, 3.63) is 34.9 Å². The molecule has 1 fully saturated rings. The first-order chi connectivity index (χ1) is 8.08. The molecule has 17 heavy (non-hydrogen) atoms. The van der Waals surface area contributed by atoms with Crippen molar-refractivity contribution < 1.29 is 9.53 Å². The van der Waals surface area contributed by atoms with Crippen molar-refractivity contribution in [2.75, 3.05) is 19.7 Å². The molecule has 3 nitrogen and oxygen atoms in total. The lowest BCUT2D eigenvalue weighted by molar-refractivity contribution is -0.0124. The van der Waals surface area contributed by atoms with Gasteiger partial charge in [-0.05, 0) is 32.4 Å². The van der Waals surface area contributed by atoms with Crippen LogP contribution in [-0.2, 0) is 4.74 Å². The van der Waals surface area contributed by atoms with E-state index >= 15 is 0 Å². The maximum Gasteiger partial charge on any atom is 0.254 e. The highest BCUT2D eigenvalue weighted by molar-refractivity contribution is 5.95. The fraction of sp³-hybridized carbons (Fsp3) is 0.500. The highest BCUT2D eigenvalue weighted by atomic mass is 16.5. The molecule has 1 atom stereocenters. The number of hydrogen-bond acceptors (Lipinski definition) is 2. The second-order valence-electron chi connectivity index (χ2n) is 4.75. The Kier molecular flexibility index (Phi) is 3.48. The van der Waals surface area contributed by atoms with E-state index in [0.717, 1.165) is 16.7 Å². The molecule has 0 bridgehead atoms. The SMILES string of the molecule is Cc1ccc(C)c(C(=O)N2CCOC(C)C2)c1. The summed E-state index contributed by atoms with van der Waals surface area (Å²) in [6.45, 7) is 8.01. The molecule has 0 saturated carbocycles. The number of aryl methyl sites for hydroxylation is 2. The molecule has 1 aliphatic rings. The van der Waals surface area contributed by atoms with Crippen LogP contribution in [0.5, 0.6) is 0 Å². The van der Waals surface area contributed by atoms with Crippen LogP contribution in [0.2, 0.25) is 0 Å². The maximum absolute atomic E-state index is 12.4. The summed E-state index contributed by atoms with van der Waals surface area (Å²) in [6.07, 6.45) is 0.137. The Morgan fingerprint density at radius 3 is 2.88 bits per heavy atom. The Labute approximate surface area is 102 Å². The molecule has 1 heterocycles. The van der Waals surface area contributed by atoms with Crippen LogP contribution in [-0.4, -0.2) is 36.6 Å². The summed E-state index contributed by atoms with van der Waals surface area (Å²) in [5.74, 6) is 0.126. The smallest absolute Gasteiger partial charge is 0.254 e. The number of amides is 1. The van der Waals surface area contributed by atoms with Crippen LogP contribution in [0.25, 0.3) is 0 Å². The van der Waals surface area contributed by atoms with Crippen molar-refractivity contribution >= 4 is 5.91 Å². The number of nitrogens with zero attached hydrogens (tertiary/aromatic N) is 1. The first-order valence-electron chi connectivity index (χ1n) is 6.06. The van der Waals surface area contributed by atoms with Crippen LogP contribution >= 0.6 is 0 Å². The van der Waals surface area contributed by atoms with E-state index in [0.29, 0.717) is 19.7 Å². The maximum atomic E-state index is 12.4. The number of morpholine rings is 1. The Morgan fingerprint density at radius 1 is 1.41 bits per heavy atom. The summed E-state index contributed by atoms with van der Waals surface area (Å²) in [4.78, 5) is 14.3. The summed E-state index contributed by atoms with van der Waals surface area (Å²) in [6, 6.07) is 6.01. The lowest BCUT2D eigenvalue weighted by Gasteiger charge is -2.31. The van der Waals surface area contributed by atoms with Gasteiger partial charge in [0.05, 0.1) is 12.7 Å². The zero-order chi connectivity index (χ0) is 12.4. The van der Waals surface area contributed by atoms with E-state index in [-0.39, 0.29) is 12.0 Å². The Balaban J connectivity index is 2.21. The van der Waals surface area contributed by atoms with Crippen molar-refractivity contribution in [3.8, 4) is 0 Å². The van der Waals surface area contributed by atoms with E-state index in [2.05, 4.69) is 0 Å². The molecule has 0 radical (unpaired) electrons. The molecule has 1 aromatic carbocycles. The van der Waals surface area contributed by atoms with Gasteiger partial charge in [-0.15, -0.1) is 0 Å². The van der Waals surface area contributed by atoms with Crippen LogP contribution in [0.15, 0.2) is 18.2 Å². The summed E-state index contributed by atoms with van der Waals surface area (Å²) >= 11 is 0. The third kappa shape index (κ3) is 2.67. The van der Waals surface area contributed by atoms with Crippen molar-refractivity contribution in [1.29, 1.82) is 0 Å². The van der Waals surface area contributed by atoms with E-state index in [1.165, 1.54) is 0 Å². The van der Waals surface area contributed by atoms with Gasteiger partial charge in [-0.3, -0.25) is 4.79 Å². The first kappa shape index (κ1) is 12.1. The second kappa shape index (κ2) is 4.88. The summed E-state index contributed by atoms with van der Waals surface area (Å²) < 4.78 is 5.45. The van der Waals surface area contributed by atoms with E-state index in [1.54, 1.807) is 0 Å². The lowest BCUT2D eigenvalue weighted by Crippen LogP contribution is -2.44. The molecule has 1 amide bonds. The van der Waals surface area contributed by atoms with Crippen molar-refractivity contribution in [2.24, 2.45) is 0 Å². The van der Waals surface area contributed by atoms with Gasteiger partial charge in [0.1, 0.15) is 0 Å². The monoisotopic (exact) mass is 233 g/mol. The lowest BCUT2D eigenvalue weighted by atomic mass is 10.0. The Morgan fingerprint density at radius 2 is 2.18 bits per heavy atom. The molecule has 0 aromatic heterocycles. The van der Waals surface area contributed by atoms with Gasteiger partial charge in [0.2, 0.25) is 0 Å². The number of rotatable bonds is 1. The molecule has 1 saturated heterocycles. The van der Waals surface area contributed by atoms with Gasteiger partial charge in [-0.2, -0.15) is 0 Å². The number of hydrogen-bond donors (Lipinski definition) is 0. The van der Waals surface area contributed by atoms with Gasteiger partial charge < -0.3 is 9.64 Å². The quantitative estimate of drug-likeness (QED) is 0.744. The number of ether oxygens (including phenoxy) is 1. The van der Waals surface area contributed by atoms with Crippen LogP contribution in [0.4, 0.5) is 0 Å². The van der Waals surface area contributed by atoms with Crippen molar-refractivity contribution in [1.82, 2.24) is 4.90 Å². The topological polar surface area (TPSA) is 29.5 Å². The van der Waals surface area contributed by atoms with E-state index in [1.807, 2.05) is 43.9 Å². The summed E-state index contributed by atoms with van der Waals surface area (Å²) in [5.41, 5.74) is 2.99. The molecule has 92 valence electrons. The average molecular weight is 233 g/mol. The summed E-state index contributed by atoms with van der Waals surface area (Å²) in [7, 11) is 0. The van der Waals surface area contributed by atoms with Crippen LogP contribution in [0, 0.1) is 13.8 Å². The standard InChI is InChI=1S/C14H19NO2/c1-10-4-5-11(2)13(8-10)14(16)15-6-7-17-12(3)9-15/h4-5,8,12H,6-7,9H2,1-3H3. The highest BCUT2D eigenvalue weighted by Crippen LogP contribution is 2.15. The fourth-order valence-electron chi connectivity index (χ4n) is 2.14. The van der Waals surface area contributed by atoms with Gasteiger partial charge >= 0.3 is 0 Å². The van der Waals surface area contributed by atoms with E-state index in [4.69, 9.17) is 4.74 Å². The molecule has 0 spiro atoms. The summed E-state index contributed by atoms with van der Waals surface area (Å²) in [5, 5.41) is 0. The minimum Gasteiger partial charge on any atom is -0.375 e. The van der Waals surface area contributed by atoms with Gasteiger partial charge in [0.15, 0.2) is 0 Å². The van der Waals surface area contributed by atoms with Gasteiger partial charge in [0.25, 0.3) is 5.91 Å². The number of carbonyl (C=O) groups excluding carboxylic acids is 1. The molecule has 1 aromatic rings. The molecule has 0 N–H and O–H groups in total. The second-order valence-corrected chi connectivity index (χ2v) is 4.75. The Bertz CT molecular complexity index is 428. The molecular weight excluding hydrogens is 214 g/mol. The van der Waals surface area contributed by atoms with Gasteiger partial charge in [0, 0.05) is 18.7 Å². The first-order valence-corrected chi connectivity index (χ1v) is 6.06. The molecular formula is C14H19NO2. The van der Waals surface area contributed by atoms with Gasteiger partial charge in [-0.1, -0.05) is 17.7 Å². The van der Waals surface area contributed by atoms with E-state index in [9.17, 15) is 4.79 Å². The minimum atomic E-state index is 0.126. The largest absolute Gasteiger partial charge is 0.375 e. The van der Waals surface area contributed by atoms with Crippen LogP contribution in [0.1, 0.15) is 28.4 Å². The molecule has 1 unspecified atom stereocenters. The minimum absolute atomic E-state index is 0.126. The molecule has 0 aliphatic carbocycles.